The number of benzene rings is 1. The predicted octanol–water partition coefficient (Wildman–Crippen LogP) is 1.38. The Balaban J connectivity index is 2.01. The van der Waals surface area contributed by atoms with E-state index in [1.165, 1.54) is 4.90 Å². The smallest absolute Gasteiger partial charge is 0.255 e. The number of nitrogens with zero attached hydrogens (tertiary/aromatic N) is 1. The van der Waals surface area contributed by atoms with E-state index in [4.69, 9.17) is 5.73 Å². The second-order valence-electron chi connectivity index (χ2n) is 4.74. The van der Waals surface area contributed by atoms with E-state index in [1.807, 2.05) is 0 Å². The summed E-state index contributed by atoms with van der Waals surface area (Å²) in [7, 11) is 1.60. The Morgan fingerprint density at radius 2 is 2.16 bits per heavy atom. The summed E-state index contributed by atoms with van der Waals surface area (Å²) in [5, 5.41) is 2.85. The van der Waals surface area contributed by atoms with Crippen molar-refractivity contribution in [2.24, 2.45) is 0 Å². The first kappa shape index (κ1) is 13.9. The van der Waals surface area contributed by atoms with Gasteiger partial charge >= 0.3 is 0 Å². The normalized spacial score (nSPS) is 14.0. The van der Waals surface area contributed by atoms with Gasteiger partial charge in [-0.1, -0.05) is 0 Å². The Labute approximate surface area is 120 Å². The third kappa shape index (κ3) is 3.70. The van der Waals surface area contributed by atoms with Crippen molar-refractivity contribution in [3.63, 3.8) is 0 Å². The molecular formula is C13H16BrN3O2. The van der Waals surface area contributed by atoms with Crippen molar-refractivity contribution in [3.05, 3.63) is 28.2 Å². The summed E-state index contributed by atoms with van der Waals surface area (Å²) in [5.41, 5.74) is 6.65. The van der Waals surface area contributed by atoms with Crippen LogP contribution >= 0.6 is 15.9 Å². The van der Waals surface area contributed by atoms with Gasteiger partial charge in [0.05, 0.1) is 12.1 Å². The maximum absolute atomic E-state index is 12.2. The Morgan fingerprint density at radius 3 is 2.79 bits per heavy atom. The van der Waals surface area contributed by atoms with Gasteiger partial charge in [-0.05, 0) is 47.0 Å². The Morgan fingerprint density at radius 1 is 1.47 bits per heavy atom. The quantitative estimate of drug-likeness (QED) is 0.821. The third-order valence-electron chi connectivity index (χ3n) is 2.89. The van der Waals surface area contributed by atoms with Crippen LogP contribution in [0.2, 0.25) is 0 Å². The van der Waals surface area contributed by atoms with Gasteiger partial charge in [-0.15, -0.1) is 0 Å². The number of amides is 2. The molecule has 1 aromatic rings. The molecule has 19 heavy (non-hydrogen) atoms. The molecule has 0 aliphatic heterocycles. The second-order valence-corrected chi connectivity index (χ2v) is 5.60. The van der Waals surface area contributed by atoms with Crippen LogP contribution in [0.5, 0.6) is 0 Å². The fourth-order valence-corrected chi connectivity index (χ4v) is 2.12. The zero-order valence-corrected chi connectivity index (χ0v) is 12.2. The number of nitrogens with two attached hydrogens (primary N) is 1. The second kappa shape index (κ2) is 5.61. The summed E-state index contributed by atoms with van der Waals surface area (Å²) >= 11 is 3.31. The molecule has 3 N–H and O–H groups in total. The van der Waals surface area contributed by atoms with Crippen molar-refractivity contribution in [1.82, 2.24) is 10.2 Å². The van der Waals surface area contributed by atoms with E-state index in [2.05, 4.69) is 21.2 Å². The molecule has 6 heteroatoms. The Hall–Kier alpha value is -1.56. The van der Waals surface area contributed by atoms with Crippen molar-refractivity contribution in [3.8, 4) is 0 Å². The van der Waals surface area contributed by atoms with Crippen molar-refractivity contribution in [2.45, 2.75) is 18.9 Å². The average molecular weight is 326 g/mol. The fourth-order valence-electron chi connectivity index (χ4n) is 1.70. The average Bonchev–Trinajstić information content (AvgIpc) is 3.15. The van der Waals surface area contributed by atoms with Gasteiger partial charge in [0.1, 0.15) is 0 Å². The number of halogens is 1. The fraction of sp³-hybridized carbons (Fsp3) is 0.385. The van der Waals surface area contributed by atoms with Crippen LogP contribution in [0.4, 0.5) is 5.69 Å². The SMILES string of the molecule is CN(CC(=O)NC1CC1)C(=O)c1cc(N)ccc1Br. The summed E-state index contributed by atoms with van der Waals surface area (Å²) in [6, 6.07) is 5.33. The molecule has 0 radical (unpaired) electrons. The molecule has 0 bridgehead atoms. The predicted molar refractivity (Wildman–Crippen MR) is 76.7 cm³/mol. The van der Waals surface area contributed by atoms with Crippen molar-refractivity contribution >= 4 is 33.4 Å². The number of likely N-dealkylation sites (N-methyl/N-ethyl adjacent to an activating group) is 1. The zero-order chi connectivity index (χ0) is 14.0. The van der Waals surface area contributed by atoms with E-state index in [0.717, 1.165) is 12.8 Å². The molecule has 0 atom stereocenters. The maximum Gasteiger partial charge on any atom is 0.255 e. The van der Waals surface area contributed by atoms with E-state index < -0.39 is 0 Å². The highest BCUT2D eigenvalue weighted by Gasteiger charge is 2.24. The number of hydrogen-bond donors (Lipinski definition) is 2. The van der Waals surface area contributed by atoms with Gasteiger partial charge < -0.3 is 16.0 Å². The van der Waals surface area contributed by atoms with E-state index in [0.29, 0.717) is 21.8 Å². The minimum Gasteiger partial charge on any atom is -0.399 e. The first-order valence-corrected chi connectivity index (χ1v) is 6.86. The number of anilines is 1. The van der Waals surface area contributed by atoms with Crippen molar-refractivity contribution in [1.29, 1.82) is 0 Å². The number of nitrogens with one attached hydrogen (secondary N) is 1. The van der Waals surface area contributed by atoms with Crippen LogP contribution in [0, 0.1) is 0 Å². The van der Waals surface area contributed by atoms with Gasteiger partial charge in [0.15, 0.2) is 0 Å². The van der Waals surface area contributed by atoms with Crippen molar-refractivity contribution < 1.29 is 9.59 Å². The van der Waals surface area contributed by atoms with Gasteiger partial charge in [0.2, 0.25) is 5.91 Å². The molecule has 1 aliphatic carbocycles. The van der Waals surface area contributed by atoms with Crippen LogP contribution in [-0.4, -0.2) is 36.3 Å². The molecule has 0 heterocycles. The number of hydrogen-bond acceptors (Lipinski definition) is 3. The number of carbonyl (C=O) groups excluding carboxylic acids is 2. The number of nitrogen functional groups attached to an aromatic ring is 1. The van der Waals surface area contributed by atoms with Crippen LogP contribution in [-0.2, 0) is 4.79 Å². The summed E-state index contributed by atoms with van der Waals surface area (Å²) < 4.78 is 0.668. The molecule has 1 aromatic carbocycles. The Bertz CT molecular complexity index is 515. The largest absolute Gasteiger partial charge is 0.399 e. The molecule has 2 rings (SSSR count). The molecule has 0 unspecified atom stereocenters. The summed E-state index contributed by atoms with van der Waals surface area (Å²) in [5.74, 6) is -0.358. The van der Waals surface area contributed by atoms with Crippen LogP contribution in [0.15, 0.2) is 22.7 Å². The molecule has 1 saturated carbocycles. The van der Waals surface area contributed by atoms with E-state index in [1.54, 1.807) is 25.2 Å². The van der Waals surface area contributed by atoms with Crippen molar-refractivity contribution in [2.75, 3.05) is 19.3 Å². The van der Waals surface area contributed by atoms with Crippen LogP contribution in [0.25, 0.3) is 0 Å². The lowest BCUT2D eigenvalue weighted by molar-refractivity contribution is -0.121. The van der Waals surface area contributed by atoms with Gasteiger partial charge in [-0.3, -0.25) is 9.59 Å². The third-order valence-corrected chi connectivity index (χ3v) is 3.58. The Kier molecular flexibility index (Phi) is 4.09. The zero-order valence-electron chi connectivity index (χ0n) is 10.6. The monoisotopic (exact) mass is 325 g/mol. The highest BCUT2D eigenvalue weighted by molar-refractivity contribution is 9.10. The highest BCUT2D eigenvalue weighted by atomic mass is 79.9. The lowest BCUT2D eigenvalue weighted by atomic mass is 10.2. The van der Waals surface area contributed by atoms with Gasteiger partial charge in [-0.2, -0.15) is 0 Å². The molecule has 0 saturated heterocycles. The molecule has 102 valence electrons. The highest BCUT2D eigenvalue weighted by Crippen LogP contribution is 2.21. The molecule has 1 aliphatic rings. The van der Waals surface area contributed by atoms with E-state index in [-0.39, 0.29) is 18.4 Å². The number of rotatable bonds is 4. The molecule has 0 spiro atoms. The maximum atomic E-state index is 12.2. The van der Waals surface area contributed by atoms with Crippen LogP contribution in [0.1, 0.15) is 23.2 Å². The minimum atomic E-state index is -0.231. The molecule has 5 nitrogen and oxygen atoms in total. The molecule has 0 aromatic heterocycles. The summed E-state index contributed by atoms with van der Waals surface area (Å²) in [6.07, 6.45) is 2.06. The molecular weight excluding hydrogens is 310 g/mol. The molecule has 2 amide bonds. The van der Waals surface area contributed by atoms with Gasteiger partial charge in [0, 0.05) is 23.2 Å². The lowest BCUT2D eigenvalue weighted by Gasteiger charge is -2.17. The van der Waals surface area contributed by atoms with Gasteiger partial charge in [0.25, 0.3) is 5.91 Å². The standard InChI is InChI=1S/C13H16BrN3O2/c1-17(7-12(18)16-9-3-4-9)13(19)10-6-8(15)2-5-11(10)14/h2,5-6,9H,3-4,7,15H2,1H3,(H,16,18). The van der Waals surface area contributed by atoms with Crippen LogP contribution < -0.4 is 11.1 Å². The summed E-state index contributed by atoms with van der Waals surface area (Å²) in [4.78, 5) is 25.3. The first-order chi connectivity index (χ1) is 8.97. The lowest BCUT2D eigenvalue weighted by Crippen LogP contribution is -2.39. The van der Waals surface area contributed by atoms with E-state index in [9.17, 15) is 9.59 Å². The van der Waals surface area contributed by atoms with E-state index >= 15 is 0 Å². The summed E-state index contributed by atoms with van der Waals surface area (Å²) in [6.45, 7) is 0.0522. The molecule has 1 fully saturated rings. The topological polar surface area (TPSA) is 75.4 Å². The van der Waals surface area contributed by atoms with Gasteiger partial charge in [-0.25, -0.2) is 0 Å². The first-order valence-electron chi connectivity index (χ1n) is 6.07. The van der Waals surface area contributed by atoms with Crippen LogP contribution in [0.3, 0.4) is 0 Å². The minimum absolute atomic E-state index is 0.0522. The number of carbonyl (C=O) groups is 2.